The molecule has 5 nitrogen and oxygen atoms in total. The molecule has 1 aliphatic heterocycles. The molecule has 0 spiro atoms. The number of pyridine rings is 1. The third-order valence-electron chi connectivity index (χ3n) is 3.06. The van der Waals surface area contributed by atoms with Crippen LogP contribution in [0.25, 0.3) is 0 Å². The molecule has 1 aromatic heterocycles. The van der Waals surface area contributed by atoms with E-state index in [9.17, 15) is 9.90 Å². The minimum Gasteiger partial charge on any atom is -0.393 e. The molecule has 0 unspecified atom stereocenters. The van der Waals surface area contributed by atoms with Gasteiger partial charge in [0, 0.05) is 19.3 Å². The summed E-state index contributed by atoms with van der Waals surface area (Å²) in [5.74, 6) is 5.09. The standard InChI is InChI=1S/C14H16N2O3/c17-10-2-4-11-3-1-7-15-13(11)14(19)16-8-5-12(18)6-9-16/h1,3,7,12,17-18H,5-6,8-10H2. The van der Waals surface area contributed by atoms with Gasteiger partial charge in [-0.25, -0.2) is 4.98 Å². The summed E-state index contributed by atoms with van der Waals surface area (Å²) in [5.41, 5.74) is 0.826. The highest BCUT2D eigenvalue weighted by molar-refractivity contribution is 5.94. The average molecular weight is 260 g/mol. The van der Waals surface area contributed by atoms with Crippen LogP contribution in [0.5, 0.6) is 0 Å². The quantitative estimate of drug-likeness (QED) is 0.698. The molecular weight excluding hydrogens is 244 g/mol. The molecule has 0 atom stereocenters. The maximum absolute atomic E-state index is 12.3. The number of carbonyl (C=O) groups excluding carboxylic acids is 1. The lowest BCUT2D eigenvalue weighted by atomic mass is 10.1. The maximum atomic E-state index is 12.3. The van der Waals surface area contributed by atoms with Crippen LogP contribution in [0.15, 0.2) is 18.3 Å². The third kappa shape index (κ3) is 3.31. The molecule has 1 fully saturated rings. The predicted octanol–water partition coefficient (Wildman–Crippen LogP) is 0.0223. The summed E-state index contributed by atoms with van der Waals surface area (Å²) >= 11 is 0. The first-order valence-electron chi connectivity index (χ1n) is 6.24. The van der Waals surface area contributed by atoms with E-state index in [0.29, 0.717) is 37.2 Å². The molecule has 1 amide bonds. The summed E-state index contributed by atoms with van der Waals surface area (Å²) in [6, 6.07) is 3.42. The van der Waals surface area contributed by atoms with Crippen LogP contribution >= 0.6 is 0 Å². The smallest absolute Gasteiger partial charge is 0.273 e. The number of piperidine rings is 1. The molecule has 0 aliphatic carbocycles. The number of aliphatic hydroxyl groups is 2. The summed E-state index contributed by atoms with van der Waals surface area (Å²) in [4.78, 5) is 18.1. The van der Waals surface area contributed by atoms with Crippen molar-refractivity contribution in [1.82, 2.24) is 9.88 Å². The summed E-state index contributed by atoms with van der Waals surface area (Å²) in [6.07, 6.45) is 2.42. The maximum Gasteiger partial charge on any atom is 0.273 e. The lowest BCUT2D eigenvalue weighted by Gasteiger charge is -2.29. The van der Waals surface area contributed by atoms with Crippen LogP contribution in [0, 0.1) is 11.8 Å². The van der Waals surface area contributed by atoms with E-state index in [4.69, 9.17) is 5.11 Å². The zero-order valence-corrected chi connectivity index (χ0v) is 10.5. The lowest BCUT2D eigenvalue weighted by molar-refractivity contribution is 0.0541. The zero-order valence-electron chi connectivity index (χ0n) is 10.5. The highest BCUT2D eigenvalue weighted by Crippen LogP contribution is 2.14. The summed E-state index contributed by atoms with van der Waals surface area (Å²) in [6.45, 7) is 0.811. The van der Waals surface area contributed by atoms with Gasteiger partial charge in [-0.2, -0.15) is 0 Å². The summed E-state index contributed by atoms with van der Waals surface area (Å²) in [5, 5.41) is 18.2. The Kier molecular flexibility index (Phi) is 4.50. The molecule has 0 saturated carbocycles. The van der Waals surface area contributed by atoms with Gasteiger partial charge in [0.25, 0.3) is 5.91 Å². The fourth-order valence-electron chi connectivity index (χ4n) is 2.03. The molecule has 100 valence electrons. The normalized spacial score (nSPS) is 15.8. The molecule has 1 saturated heterocycles. The van der Waals surface area contributed by atoms with Gasteiger partial charge in [0.05, 0.1) is 11.7 Å². The Bertz CT molecular complexity index is 511. The van der Waals surface area contributed by atoms with E-state index in [1.54, 1.807) is 23.2 Å². The van der Waals surface area contributed by atoms with E-state index in [1.807, 2.05) is 0 Å². The molecule has 2 N–H and O–H groups in total. The van der Waals surface area contributed by atoms with Gasteiger partial charge in [0.15, 0.2) is 0 Å². The SMILES string of the molecule is O=C(c1ncccc1C#CCO)N1CCC(O)CC1. The topological polar surface area (TPSA) is 73.7 Å². The number of hydrogen-bond donors (Lipinski definition) is 2. The van der Waals surface area contributed by atoms with E-state index in [2.05, 4.69) is 16.8 Å². The van der Waals surface area contributed by atoms with Crippen molar-refractivity contribution in [3.05, 3.63) is 29.6 Å². The number of aromatic nitrogens is 1. The molecular formula is C14H16N2O3. The molecule has 0 bridgehead atoms. The Morgan fingerprint density at radius 2 is 2.21 bits per heavy atom. The predicted molar refractivity (Wildman–Crippen MR) is 69.3 cm³/mol. The van der Waals surface area contributed by atoms with Gasteiger partial charge in [-0.3, -0.25) is 4.79 Å². The second-order valence-electron chi connectivity index (χ2n) is 4.38. The Hall–Kier alpha value is -1.90. The number of hydrogen-bond acceptors (Lipinski definition) is 4. The van der Waals surface area contributed by atoms with Crippen molar-refractivity contribution >= 4 is 5.91 Å². The van der Waals surface area contributed by atoms with Crippen LogP contribution in [0.2, 0.25) is 0 Å². The second kappa shape index (κ2) is 6.32. The highest BCUT2D eigenvalue weighted by Gasteiger charge is 2.24. The van der Waals surface area contributed by atoms with E-state index < -0.39 is 0 Å². The van der Waals surface area contributed by atoms with Crippen molar-refractivity contribution in [2.24, 2.45) is 0 Å². The van der Waals surface area contributed by atoms with Crippen molar-refractivity contribution in [2.75, 3.05) is 19.7 Å². The van der Waals surface area contributed by atoms with E-state index in [1.165, 1.54) is 0 Å². The number of rotatable bonds is 1. The Balaban J connectivity index is 2.19. The fourth-order valence-corrected chi connectivity index (χ4v) is 2.03. The largest absolute Gasteiger partial charge is 0.393 e. The van der Waals surface area contributed by atoms with Gasteiger partial charge in [0.2, 0.25) is 0 Å². The Labute approximate surface area is 111 Å². The molecule has 19 heavy (non-hydrogen) atoms. The minimum absolute atomic E-state index is 0.172. The highest BCUT2D eigenvalue weighted by atomic mass is 16.3. The molecule has 1 aliphatic rings. The first-order chi connectivity index (χ1) is 9.22. The number of nitrogens with zero attached hydrogens (tertiary/aromatic N) is 2. The first-order valence-corrected chi connectivity index (χ1v) is 6.24. The second-order valence-corrected chi connectivity index (χ2v) is 4.38. The van der Waals surface area contributed by atoms with Crippen LogP contribution in [0.4, 0.5) is 0 Å². The molecule has 2 heterocycles. The van der Waals surface area contributed by atoms with Crippen LogP contribution in [-0.4, -0.2) is 51.8 Å². The Morgan fingerprint density at radius 1 is 1.47 bits per heavy atom. The van der Waals surface area contributed by atoms with Crippen molar-refractivity contribution in [2.45, 2.75) is 18.9 Å². The molecule has 5 heteroatoms. The van der Waals surface area contributed by atoms with Crippen LogP contribution in [0.3, 0.4) is 0 Å². The van der Waals surface area contributed by atoms with Crippen LogP contribution in [0.1, 0.15) is 28.9 Å². The van der Waals surface area contributed by atoms with Crippen LogP contribution in [-0.2, 0) is 0 Å². The summed E-state index contributed by atoms with van der Waals surface area (Å²) < 4.78 is 0. The van der Waals surface area contributed by atoms with Crippen LogP contribution < -0.4 is 0 Å². The number of carbonyl (C=O) groups is 1. The van der Waals surface area contributed by atoms with Crippen molar-refractivity contribution in [3.63, 3.8) is 0 Å². The van der Waals surface area contributed by atoms with Crippen molar-refractivity contribution in [3.8, 4) is 11.8 Å². The number of likely N-dealkylation sites (tertiary alicyclic amines) is 1. The van der Waals surface area contributed by atoms with Gasteiger partial charge in [0.1, 0.15) is 12.3 Å². The molecule has 0 aromatic carbocycles. The van der Waals surface area contributed by atoms with E-state index in [-0.39, 0.29) is 18.6 Å². The van der Waals surface area contributed by atoms with E-state index in [0.717, 1.165) is 0 Å². The molecule has 1 aromatic rings. The number of amides is 1. The molecule has 0 radical (unpaired) electrons. The lowest BCUT2D eigenvalue weighted by Crippen LogP contribution is -2.40. The zero-order chi connectivity index (χ0) is 13.7. The van der Waals surface area contributed by atoms with Crippen molar-refractivity contribution < 1.29 is 15.0 Å². The van der Waals surface area contributed by atoms with Gasteiger partial charge in [-0.15, -0.1) is 0 Å². The average Bonchev–Trinajstić information content (AvgIpc) is 2.45. The van der Waals surface area contributed by atoms with Gasteiger partial charge in [-0.1, -0.05) is 11.8 Å². The molecule has 2 rings (SSSR count). The first kappa shape index (κ1) is 13.5. The van der Waals surface area contributed by atoms with Gasteiger partial charge < -0.3 is 15.1 Å². The minimum atomic E-state index is -0.318. The fraction of sp³-hybridized carbons (Fsp3) is 0.429. The van der Waals surface area contributed by atoms with Gasteiger partial charge in [-0.05, 0) is 25.0 Å². The number of aliphatic hydroxyl groups excluding tert-OH is 2. The third-order valence-corrected chi connectivity index (χ3v) is 3.06. The summed E-state index contributed by atoms with van der Waals surface area (Å²) in [7, 11) is 0. The van der Waals surface area contributed by atoms with Crippen molar-refractivity contribution in [1.29, 1.82) is 0 Å². The Morgan fingerprint density at radius 3 is 2.89 bits per heavy atom. The monoisotopic (exact) mass is 260 g/mol. The van der Waals surface area contributed by atoms with Gasteiger partial charge >= 0.3 is 0 Å². The van der Waals surface area contributed by atoms with E-state index >= 15 is 0 Å².